The lowest BCUT2D eigenvalue weighted by atomic mass is 10.1. The Labute approximate surface area is 170 Å². The summed E-state index contributed by atoms with van der Waals surface area (Å²) in [6.07, 6.45) is -0.469. The average molecular weight is 426 g/mol. The molecule has 1 aromatic carbocycles. The second kappa shape index (κ2) is 10.2. The number of pyridine rings is 2. The van der Waals surface area contributed by atoms with E-state index in [-0.39, 0.29) is 6.04 Å². The number of aliphatic carboxylic acids is 1. The zero-order valence-electron chi connectivity index (χ0n) is 15.4. The molecule has 0 spiro atoms. The van der Waals surface area contributed by atoms with E-state index in [4.69, 9.17) is 21.5 Å². The molecule has 0 aliphatic carbocycles. The van der Waals surface area contributed by atoms with Crippen molar-refractivity contribution in [3.05, 3.63) is 71.3 Å². The van der Waals surface area contributed by atoms with Gasteiger partial charge in [-0.2, -0.15) is 13.2 Å². The number of benzene rings is 1. The molecule has 2 heterocycles. The topological polar surface area (TPSA) is 75.1 Å². The molecular weight excluding hydrogens is 407 g/mol. The molecule has 0 fully saturated rings. The third-order valence-electron chi connectivity index (χ3n) is 4.01. The van der Waals surface area contributed by atoms with Crippen LogP contribution in [-0.4, -0.2) is 33.8 Å². The normalized spacial score (nSPS) is 12.2. The van der Waals surface area contributed by atoms with Crippen molar-refractivity contribution >= 4 is 28.3 Å². The van der Waals surface area contributed by atoms with Crippen LogP contribution in [0.2, 0.25) is 5.15 Å². The minimum absolute atomic E-state index is 0.200. The average Bonchev–Trinajstić information content (AvgIpc) is 2.68. The first-order valence-electron chi connectivity index (χ1n) is 8.66. The van der Waals surface area contributed by atoms with Crippen LogP contribution in [0.1, 0.15) is 24.2 Å². The van der Waals surface area contributed by atoms with Crippen LogP contribution in [0.15, 0.2) is 54.9 Å². The largest absolute Gasteiger partial charge is 0.490 e. The van der Waals surface area contributed by atoms with Gasteiger partial charge in [-0.15, -0.1) is 0 Å². The summed E-state index contributed by atoms with van der Waals surface area (Å²) >= 11 is 5.80. The Hall–Kier alpha value is -2.71. The summed E-state index contributed by atoms with van der Waals surface area (Å²) in [5, 5.41) is 13.6. The van der Waals surface area contributed by atoms with Gasteiger partial charge in [0.1, 0.15) is 5.15 Å². The van der Waals surface area contributed by atoms with E-state index in [2.05, 4.69) is 46.5 Å². The van der Waals surface area contributed by atoms with E-state index in [1.807, 2.05) is 30.6 Å². The summed E-state index contributed by atoms with van der Waals surface area (Å²) in [4.78, 5) is 17.5. The lowest BCUT2D eigenvalue weighted by Gasteiger charge is -2.15. The molecule has 29 heavy (non-hydrogen) atoms. The number of aromatic nitrogens is 2. The lowest BCUT2D eigenvalue weighted by Crippen LogP contribution is -2.22. The maximum atomic E-state index is 10.6. The molecule has 9 heteroatoms. The van der Waals surface area contributed by atoms with Crippen LogP contribution < -0.4 is 5.32 Å². The quantitative estimate of drug-likeness (QED) is 0.574. The van der Waals surface area contributed by atoms with Gasteiger partial charge in [0.05, 0.1) is 5.69 Å². The van der Waals surface area contributed by atoms with E-state index >= 15 is 0 Å². The van der Waals surface area contributed by atoms with Crippen LogP contribution in [0.3, 0.4) is 0 Å². The maximum absolute atomic E-state index is 10.6. The fraction of sp³-hybridized carbons (Fsp3) is 0.250. The minimum atomic E-state index is -5.08. The van der Waals surface area contributed by atoms with Crippen LogP contribution in [0, 0.1) is 0 Å². The zero-order chi connectivity index (χ0) is 21.4. The molecule has 1 unspecified atom stereocenters. The van der Waals surface area contributed by atoms with Crippen molar-refractivity contribution in [3.8, 4) is 0 Å². The molecule has 2 N–H and O–H groups in total. The Bertz CT molecular complexity index is 944. The number of fused-ring (bicyclic) bond motifs is 1. The van der Waals surface area contributed by atoms with Gasteiger partial charge in [-0.1, -0.05) is 41.9 Å². The van der Waals surface area contributed by atoms with Gasteiger partial charge in [-0.3, -0.25) is 4.98 Å². The summed E-state index contributed by atoms with van der Waals surface area (Å²) < 4.78 is 31.7. The fourth-order valence-corrected chi connectivity index (χ4v) is 2.68. The molecule has 5 nitrogen and oxygen atoms in total. The number of hydrogen-bond acceptors (Lipinski definition) is 4. The Morgan fingerprint density at radius 2 is 1.86 bits per heavy atom. The number of alkyl halides is 3. The van der Waals surface area contributed by atoms with Crippen LogP contribution in [0.4, 0.5) is 13.2 Å². The van der Waals surface area contributed by atoms with Crippen molar-refractivity contribution in [2.24, 2.45) is 0 Å². The number of rotatable bonds is 5. The van der Waals surface area contributed by atoms with Gasteiger partial charge in [0.15, 0.2) is 0 Å². The summed E-state index contributed by atoms with van der Waals surface area (Å²) in [5.41, 5.74) is 2.27. The monoisotopic (exact) mass is 425 g/mol. The highest BCUT2D eigenvalue weighted by Crippen LogP contribution is 2.21. The first-order valence-corrected chi connectivity index (χ1v) is 9.04. The number of nitrogens with one attached hydrogen (secondary N) is 1. The molecule has 0 radical (unpaired) electrons. The molecular formula is C20H19ClF3N3O2. The second-order valence-electron chi connectivity index (χ2n) is 6.14. The van der Waals surface area contributed by atoms with E-state index in [0.29, 0.717) is 5.15 Å². The fourth-order valence-electron chi connectivity index (χ4n) is 2.57. The number of hydrogen-bond donors (Lipinski definition) is 2. The van der Waals surface area contributed by atoms with Gasteiger partial charge in [0.2, 0.25) is 0 Å². The molecule has 0 amide bonds. The molecule has 0 bridgehead atoms. The van der Waals surface area contributed by atoms with Crippen LogP contribution in [0.5, 0.6) is 0 Å². The second-order valence-corrected chi connectivity index (χ2v) is 6.52. The predicted octanol–water partition coefficient (Wildman–Crippen LogP) is 4.81. The van der Waals surface area contributed by atoms with E-state index in [0.717, 1.165) is 18.7 Å². The van der Waals surface area contributed by atoms with Crippen molar-refractivity contribution in [3.63, 3.8) is 0 Å². The number of carboxylic acids is 1. The molecule has 0 saturated carbocycles. The minimum Gasteiger partial charge on any atom is -0.475 e. The third kappa shape index (κ3) is 6.99. The molecule has 3 rings (SSSR count). The van der Waals surface area contributed by atoms with Crippen molar-refractivity contribution in [1.82, 2.24) is 15.3 Å². The number of nitrogens with zero attached hydrogens (tertiary/aromatic N) is 2. The van der Waals surface area contributed by atoms with Crippen LogP contribution in [0.25, 0.3) is 10.8 Å². The highest BCUT2D eigenvalue weighted by molar-refractivity contribution is 6.29. The van der Waals surface area contributed by atoms with Gasteiger partial charge in [0, 0.05) is 23.8 Å². The Morgan fingerprint density at radius 1 is 1.17 bits per heavy atom. The molecule has 2 aromatic heterocycles. The SMILES string of the molecule is CC(NCCc1ccc(Cl)nc1)c1nccc2ccccc12.O=C(O)C(F)(F)F. The van der Waals surface area contributed by atoms with Crippen molar-refractivity contribution in [2.45, 2.75) is 25.6 Å². The summed E-state index contributed by atoms with van der Waals surface area (Å²) in [6, 6.07) is 14.4. The molecule has 1 atom stereocenters. The highest BCUT2D eigenvalue weighted by atomic mass is 35.5. The smallest absolute Gasteiger partial charge is 0.475 e. The third-order valence-corrected chi connectivity index (χ3v) is 4.23. The molecule has 0 aliphatic heterocycles. The first-order chi connectivity index (χ1) is 13.7. The Kier molecular flexibility index (Phi) is 7.92. The molecule has 154 valence electrons. The highest BCUT2D eigenvalue weighted by Gasteiger charge is 2.38. The summed E-state index contributed by atoms with van der Waals surface area (Å²) in [7, 11) is 0. The van der Waals surface area contributed by atoms with Crippen molar-refractivity contribution in [2.75, 3.05) is 6.54 Å². The summed E-state index contributed by atoms with van der Waals surface area (Å²) in [5.74, 6) is -2.76. The number of carboxylic acid groups (broad SMARTS) is 1. The number of carbonyl (C=O) groups is 1. The van der Waals surface area contributed by atoms with Gasteiger partial charge in [-0.25, -0.2) is 9.78 Å². The van der Waals surface area contributed by atoms with Crippen molar-refractivity contribution in [1.29, 1.82) is 0 Å². The lowest BCUT2D eigenvalue weighted by molar-refractivity contribution is -0.192. The van der Waals surface area contributed by atoms with Gasteiger partial charge < -0.3 is 10.4 Å². The van der Waals surface area contributed by atoms with Crippen molar-refractivity contribution < 1.29 is 23.1 Å². The standard InChI is InChI=1S/C18H18ClN3.C2HF3O2/c1-13(20-10-8-14-6-7-17(19)22-12-14)18-16-5-3-2-4-15(16)9-11-21-18;3-2(4,5)1(6)7/h2-7,9,11-13,20H,8,10H2,1H3;(H,6,7). The van der Waals surface area contributed by atoms with Gasteiger partial charge in [-0.05, 0) is 43.0 Å². The summed E-state index contributed by atoms with van der Waals surface area (Å²) in [6.45, 7) is 3.02. The Morgan fingerprint density at radius 3 is 2.48 bits per heavy atom. The van der Waals surface area contributed by atoms with E-state index in [1.54, 1.807) is 0 Å². The van der Waals surface area contributed by atoms with Gasteiger partial charge in [0.25, 0.3) is 0 Å². The van der Waals surface area contributed by atoms with Gasteiger partial charge >= 0.3 is 12.1 Å². The van der Waals surface area contributed by atoms with E-state index in [1.165, 1.54) is 16.3 Å². The van der Waals surface area contributed by atoms with E-state index in [9.17, 15) is 13.2 Å². The van der Waals surface area contributed by atoms with Crippen LogP contribution >= 0.6 is 11.6 Å². The molecule has 0 saturated heterocycles. The molecule has 3 aromatic rings. The zero-order valence-corrected chi connectivity index (χ0v) is 16.2. The maximum Gasteiger partial charge on any atom is 0.490 e. The number of halogens is 4. The first kappa shape index (κ1) is 22.6. The predicted molar refractivity (Wildman–Crippen MR) is 105 cm³/mol. The van der Waals surface area contributed by atoms with Crippen LogP contribution in [-0.2, 0) is 11.2 Å². The molecule has 0 aliphatic rings. The Balaban J connectivity index is 0.000000370. The van der Waals surface area contributed by atoms with E-state index < -0.39 is 12.1 Å².